The zero-order valence-corrected chi connectivity index (χ0v) is 14.3. The number of benzene rings is 3. The van der Waals surface area contributed by atoms with Crippen LogP contribution in [0.1, 0.15) is 5.56 Å². The van der Waals surface area contributed by atoms with E-state index in [1.54, 1.807) is 17.0 Å². The lowest BCUT2D eigenvalue weighted by Gasteiger charge is -2.23. The van der Waals surface area contributed by atoms with Crippen molar-refractivity contribution in [1.29, 1.82) is 0 Å². The number of carbonyl (C=O) groups excluding carboxylic acids is 1. The SMILES string of the molecule is O=C(CNc1ccc(F)c(F)c1F)N(Cc1ccccc1)c1ccccc1. The lowest BCUT2D eigenvalue weighted by atomic mass is 10.2. The summed E-state index contributed by atoms with van der Waals surface area (Å²) in [5, 5.41) is 2.54. The Morgan fingerprint density at radius 1 is 0.815 bits per heavy atom. The van der Waals surface area contributed by atoms with Crippen LogP contribution in [0, 0.1) is 17.5 Å². The zero-order chi connectivity index (χ0) is 19.2. The monoisotopic (exact) mass is 370 g/mol. The topological polar surface area (TPSA) is 32.3 Å². The van der Waals surface area contributed by atoms with Gasteiger partial charge in [-0.2, -0.15) is 0 Å². The molecule has 0 aromatic heterocycles. The van der Waals surface area contributed by atoms with E-state index in [1.807, 2.05) is 48.5 Å². The van der Waals surface area contributed by atoms with E-state index in [0.29, 0.717) is 12.2 Å². The highest BCUT2D eigenvalue weighted by Crippen LogP contribution is 2.21. The Morgan fingerprint density at radius 2 is 1.44 bits per heavy atom. The number of carbonyl (C=O) groups is 1. The molecular formula is C21H17F3N2O. The number of anilines is 2. The molecule has 6 heteroatoms. The largest absolute Gasteiger partial charge is 0.374 e. The van der Waals surface area contributed by atoms with Gasteiger partial charge in [0.1, 0.15) is 0 Å². The van der Waals surface area contributed by atoms with Gasteiger partial charge in [-0.15, -0.1) is 0 Å². The van der Waals surface area contributed by atoms with E-state index >= 15 is 0 Å². The molecule has 3 aromatic carbocycles. The summed E-state index contributed by atoms with van der Waals surface area (Å²) < 4.78 is 40.2. The molecule has 3 rings (SSSR count). The first-order valence-electron chi connectivity index (χ1n) is 8.33. The van der Waals surface area contributed by atoms with Crippen molar-refractivity contribution >= 4 is 17.3 Å². The highest BCUT2D eigenvalue weighted by Gasteiger charge is 2.18. The zero-order valence-electron chi connectivity index (χ0n) is 14.3. The summed E-state index contributed by atoms with van der Waals surface area (Å²) in [7, 11) is 0. The maximum absolute atomic E-state index is 13.8. The fourth-order valence-electron chi connectivity index (χ4n) is 2.63. The smallest absolute Gasteiger partial charge is 0.246 e. The number of hydrogen-bond acceptors (Lipinski definition) is 2. The van der Waals surface area contributed by atoms with E-state index in [-0.39, 0.29) is 18.1 Å². The molecule has 1 N–H and O–H groups in total. The molecule has 0 radical (unpaired) electrons. The Balaban J connectivity index is 1.78. The van der Waals surface area contributed by atoms with E-state index in [2.05, 4.69) is 5.32 Å². The Kier molecular flexibility index (Phi) is 5.76. The summed E-state index contributed by atoms with van der Waals surface area (Å²) in [6.07, 6.45) is 0. The van der Waals surface area contributed by atoms with Crippen molar-refractivity contribution < 1.29 is 18.0 Å². The van der Waals surface area contributed by atoms with Crippen molar-refractivity contribution in [1.82, 2.24) is 0 Å². The number of nitrogens with zero attached hydrogens (tertiary/aromatic N) is 1. The molecule has 3 nitrogen and oxygen atoms in total. The third kappa shape index (κ3) is 4.47. The molecule has 0 saturated carbocycles. The lowest BCUT2D eigenvalue weighted by Crippen LogP contribution is -2.35. The summed E-state index contributed by atoms with van der Waals surface area (Å²) in [6, 6.07) is 20.3. The second-order valence-corrected chi connectivity index (χ2v) is 5.88. The minimum Gasteiger partial charge on any atom is -0.374 e. The molecule has 0 atom stereocenters. The van der Waals surface area contributed by atoms with Gasteiger partial charge in [0.25, 0.3) is 0 Å². The van der Waals surface area contributed by atoms with Gasteiger partial charge in [0, 0.05) is 5.69 Å². The molecule has 0 bridgehead atoms. The number of nitrogens with one attached hydrogen (secondary N) is 1. The number of halogens is 3. The predicted molar refractivity (Wildman–Crippen MR) is 98.9 cm³/mol. The van der Waals surface area contributed by atoms with Crippen LogP contribution in [0.15, 0.2) is 72.8 Å². The van der Waals surface area contributed by atoms with Crippen molar-refractivity contribution in [3.05, 3.63) is 95.8 Å². The van der Waals surface area contributed by atoms with E-state index in [1.165, 1.54) is 0 Å². The van der Waals surface area contributed by atoms with Crippen LogP contribution in [0.5, 0.6) is 0 Å². The van der Waals surface area contributed by atoms with Crippen LogP contribution in [0.3, 0.4) is 0 Å². The van der Waals surface area contributed by atoms with Crippen LogP contribution >= 0.6 is 0 Å². The second-order valence-electron chi connectivity index (χ2n) is 5.88. The van der Waals surface area contributed by atoms with E-state index < -0.39 is 17.5 Å². The molecule has 0 aliphatic rings. The molecular weight excluding hydrogens is 353 g/mol. The first-order valence-corrected chi connectivity index (χ1v) is 8.33. The minimum atomic E-state index is -1.57. The minimum absolute atomic E-state index is 0.269. The molecule has 0 fully saturated rings. The summed E-state index contributed by atoms with van der Waals surface area (Å²) in [6.45, 7) is 0.0509. The van der Waals surface area contributed by atoms with Gasteiger partial charge in [0.15, 0.2) is 17.5 Å². The molecule has 0 unspecified atom stereocenters. The molecule has 0 spiro atoms. The highest BCUT2D eigenvalue weighted by atomic mass is 19.2. The van der Waals surface area contributed by atoms with Gasteiger partial charge in [-0.3, -0.25) is 4.79 Å². The first-order chi connectivity index (χ1) is 13.1. The third-order valence-electron chi connectivity index (χ3n) is 4.02. The second kappa shape index (κ2) is 8.40. The number of para-hydroxylation sites is 1. The van der Waals surface area contributed by atoms with E-state index in [0.717, 1.165) is 17.7 Å². The molecule has 0 heterocycles. The number of hydrogen-bond donors (Lipinski definition) is 1. The average Bonchev–Trinajstić information content (AvgIpc) is 2.71. The molecule has 0 saturated heterocycles. The van der Waals surface area contributed by atoms with Crippen molar-refractivity contribution in [2.24, 2.45) is 0 Å². The quantitative estimate of drug-likeness (QED) is 0.635. The first kappa shape index (κ1) is 18.5. The Bertz CT molecular complexity index is 917. The summed E-state index contributed by atoms with van der Waals surface area (Å²) in [4.78, 5) is 14.3. The molecule has 1 amide bonds. The molecule has 138 valence electrons. The number of rotatable bonds is 6. The summed E-state index contributed by atoms with van der Waals surface area (Å²) >= 11 is 0. The summed E-state index contributed by atoms with van der Waals surface area (Å²) in [5.41, 5.74) is 1.34. The average molecular weight is 370 g/mol. The van der Waals surface area contributed by atoms with Crippen LogP contribution in [-0.4, -0.2) is 12.5 Å². The van der Waals surface area contributed by atoms with Crippen LogP contribution in [0.4, 0.5) is 24.5 Å². The van der Waals surface area contributed by atoms with Gasteiger partial charge < -0.3 is 10.2 Å². The normalized spacial score (nSPS) is 10.5. The van der Waals surface area contributed by atoms with Gasteiger partial charge in [-0.1, -0.05) is 48.5 Å². The number of amides is 1. The van der Waals surface area contributed by atoms with Crippen LogP contribution in [-0.2, 0) is 11.3 Å². The Morgan fingerprint density at radius 3 is 2.11 bits per heavy atom. The van der Waals surface area contributed by atoms with Gasteiger partial charge in [-0.05, 0) is 29.8 Å². The fourth-order valence-corrected chi connectivity index (χ4v) is 2.63. The van der Waals surface area contributed by atoms with Crippen LogP contribution < -0.4 is 10.2 Å². The Hall–Kier alpha value is -3.28. The van der Waals surface area contributed by atoms with Crippen LogP contribution in [0.25, 0.3) is 0 Å². The highest BCUT2D eigenvalue weighted by molar-refractivity contribution is 5.96. The van der Waals surface area contributed by atoms with Gasteiger partial charge >= 0.3 is 0 Å². The standard InChI is InChI=1S/C21H17F3N2O/c22-17-11-12-18(21(24)20(17)23)25-13-19(27)26(16-9-5-2-6-10-16)14-15-7-3-1-4-8-15/h1-12,25H,13-14H2. The summed E-state index contributed by atoms with van der Waals surface area (Å²) in [5.74, 6) is -4.54. The third-order valence-corrected chi connectivity index (χ3v) is 4.02. The molecule has 3 aromatic rings. The molecule has 27 heavy (non-hydrogen) atoms. The predicted octanol–water partition coefficient (Wildman–Crippen LogP) is 4.75. The van der Waals surface area contributed by atoms with Crippen molar-refractivity contribution in [3.63, 3.8) is 0 Å². The molecule has 0 aliphatic carbocycles. The van der Waals surface area contributed by atoms with Crippen LogP contribution in [0.2, 0.25) is 0 Å². The van der Waals surface area contributed by atoms with Crippen molar-refractivity contribution in [3.8, 4) is 0 Å². The van der Waals surface area contributed by atoms with Gasteiger partial charge in [0.05, 0.1) is 18.8 Å². The van der Waals surface area contributed by atoms with E-state index in [9.17, 15) is 18.0 Å². The van der Waals surface area contributed by atoms with E-state index in [4.69, 9.17) is 0 Å². The maximum atomic E-state index is 13.8. The fraction of sp³-hybridized carbons (Fsp3) is 0.0952. The lowest BCUT2D eigenvalue weighted by molar-refractivity contribution is -0.117. The maximum Gasteiger partial charge on any atom is 0.246 e. The molecule has 0 aliphatic heterocycles. The van der Waals surface area contributed by atoms with Crippen molar-refractivity contribution in [2.45, 2.75) is 6.54 Å². The Labute approximate surface area is 155 Å². The van der Waals surface area contributed by atoms with Gasteiger partial charge in [0.2, 0.25) is 5.91 Å². The van der Waals surface area contributed by atoms with Gasteiger partial charge in [-0.25, -0.2) is 13.2 Å². The van der Waals surface area contributed by atoms with Crippen molar-refractivity contribution in [2.75, 3.05) is 16.8 Å².